The number of halogens is 1. The first kappa shape index (κ1) is 17.1. The number of hydrogen-bond acceptors (Lipinski definition) is 4. The summed E-state index contributed by atoms with van der Waals surface area (Å²) in [4.78, 5) is 11.6. The van der Waals surface area contributed by atoms with Crippen LogP contribution < -0.4 is 10.6 Å². The van der Waals surface area contributed by atoms with Gasteiger partial charge in [0.1, 0.15) is 5.60 Å². The van der Waals surface area contributed by atoms with Crippen molar-refractivity contribution in [2.75, 3.05) is 18.4 Å². The molecule has 1 aromatic heterocycles. The van der Waals surface area contributed by atoms with Gasteiger partial charge in [-0.1, -0.05) is 11.6 Å². The largest absolute Gasteiger partial charge is 0.444 e. The quantitative estimate of drug-likeness (QED) is 0.820. The number of amides is 1. The van der Waals surface area contributed by atoms with Crippen LogP contribution in [0.25, 0.3) is 5.69 Å². The van der Waals surface area contributed by atoms with Crippen molar-refractivity contribution in [3.8, 4) is 5.69 Å². The number of aromatic nitrogens is 2. The molecule has 0 saturated carbocycles. The number of carbonyl (C=O) groups is 1. The molecule has 2 aromatic rings. The molecule has 1 amide bonds. The average molecular weight is 337 g/mol. The molecule has 0 unspecified atom stereocenters. The lowest BCUT2D eigenvalue weighted by Crippen LogP contribution is -2.35. The van der Waals surface area contributed by atoms with Crippen molar-refractivity contribution in [2.24, 2.45) is 0 Å². The smallest absolute Gasteiger partial charge is 0.407 e. The molecule has 124 valence electrons. The number of benzene rings is 1. The number of ether oxygens (including phenoxy) is 1. The van der Waals surface area contributed by atoms with E-state index in [0.717, 1.165) is 11.4 Å². The van der Waals surface area contributed by atoms with Crippen LogP contribution >= 0.6 is 11.6 Å². The minimum atomic E-state index is -0.502. The van der Waals surface area contributed by atoms with Crippen LogP contribution in [0.2, 0.25) is 5.02 Å². The molecule has 0 aliphatic carbocycles. The third-order valence-electron chi connectivity index (χ3n) is 2.82. The predicted molar refractivity (Wildman–Crippen MR) is 91.3 cm³/mol. The number of alkyl carbamates (subject to hydrolysis) is 1. The lowest BCUT2D eigenvalue weighted by atomic mass is 10.2. The van der Waals surface area contributed by atoms with Gasteiger partial charge >= 0.3 is 6.09 Å². The van der Waals surface area contributed by atoms with Crippen LogP contribution in [0.5, 0.6) is 0 Å². The molecular formula is C16H21ClN4O2. The first-order chi connectivity index (χ1) is 10.8. The number of hydrogen-bond donors (Lipinski definition) is 2. The van der Waals surface area contributed by atoms with E-state index in [-0.39, 0.29) is 0 Å². The van der Waals surface area contributed by atoms with Crippen molar-refractivity contribution < 1.29 is 9.53 Å². The van der Waals surface area contributed by atoms with Crippen LogP contribution in [0.4, 0.5) is 10.5 Å². The molecule has 0 saturated heterocycles. The number of anilines is 1. The Kier molecular flexibility index (Phi) is 5.50. The first-order valence-electron chi connectivity index (χ1n) is 7.35. The van der Waals surface area contributed by atoms with Gasteiger partial charge in [0, 0.05) is 30.5 Å². The first-order valence-corrected chi connectivity index (χ1v) is 7.73. The topological polar surface area (TPSA) is 68.2 Å². The highest BCUT2D eigenvalue weighted by molar-refractivity contribution is 6.31. The second-order valence-electron chi connectivity index (χ2n) is 5.97. The van der Waals surface area contributed by atoms with Gasteiger partial charge in [0.15, 0.2) is 0 Å². The van der Waals surface area contributed by atoms with Crippen molar-refractivity contribution in [1.29, 1.82) is 0 Å². The van der Waals surface area contributed by atoms with E-state index in [4.69, 9.17) is 16.3 Å². The van der Waals surface area contributed by atoms with Crippen LogP contribution in [-0.4, -0.2) is 34.6 Å². The summed E-state index contributed by atoms with van der Waals surface area (Å²) < 4.78 is 6.93. The Morgan fingerprint density at radius 1 is 1.35 bits per heavy atom. The zero-order valence-electron chi connectivity index (χ0n) is 13.5. The zero-order valence-corrected chi connectivity index (χ0v) is 14.2. The molecule has 0 fully saturated rings. The number of rotatable bonds is 5. The van der Waals surface area contributed by atoms with Gasteiger partial charge in [0.05, 0.1) is 11.4 Å². The Bertz CT molecular complexity index is 651. The fourth-order valence-electron chi connectivity index (χ4n) is 1.94. The molecule has 0 aliphatic heterocycles. The molecule has 0 spiro atoms. The molecule has 2 rings (SSSR count). The molecule has 23 heavy (non-hydrogen) atoms. The van der Waals surface area contributed by atoms with E-state index in [1.54, 1.807) is 10.9 Å². The van der Waals surface area contributed by atoms with Crippen molar-refractivity contribution in [3.63, 3.8) is 0 Å². The molecule has 0 radical (unpaired) electrons. The van der Waals surface area contributed by atoms with Gasteiger partial charge in [-0.25, -0.2) is 9.48 Å². The van der Waals surface area contributed by atoms with Crippen LogP contribution in [0.1, 0.15) is 20.8 Å². The Balaban J connectivity index is 1.91. The van der Waals surface area contributed by atoms with Crippen LogP contribution in [-0.2, 0) is 4.74 Å². The molecular weight excluding hydrogens is 316 g/mol. The summed E-state index contributed by atoms with van der Waals surface area (Å²) in [6, 6.07) is 7.37. The molecule has 0 aliphatic rings. The molecule has 6 nitrogen and oxygen atoms in total. The van der Waals surface area contributed by atoms with Crippen LogP contribution in [0, 0.1) is 0 Å². The summed E-state index contributed by atoms with van der Waals surface area (Å²) in [5.41, 5.74) is 1.22. The zero-order chi connectivity index (χ0) is 16.9. The van der Waals surface area contributed by atoms with E-state index in [9.17, 15) is 4.79 Å². The van der Waals surface area contributed by atoms with Crippen molar-refractivity contribution >= 4 is 23.4 Å². The Morgan fingerprint density at radius 2 is 2.13 bits per heavy atom. The maximum absolute atomic E-state index is 11.6. The van der Waals surface area contributed by atoms with Gasteiger partial charge in [0.2, 0.25) is 0 Å². The van der Waals surface area contributed by atoms with Crippen molar-refractivity contribution in [1.82, 2.24) is 15.1 Å². The van der Waals surface area contributed by atoms with E-state index in [0.29, 0.717) is 18.1 Å². The van der Waals surface area contributed by atoms with Gasteiger partial charge in [-0.05, 0) is 45.0 Å². The monoisotopic (exact) mass is 336 g/mol. The maximum Gasteiger partial charge on any atom is 0.407 e. The average Bonchev–Trinajstić information content (AvgIpc) is 2.96. The maximum atomic E-state index is 11.6. The molecule has 1 aromatic carbocycles. The molecule has 0 atom stereocenters. The van der Waals surface area contributed by atoms with Gasteiger partial charge in [-0.2, -0.15) is 5.10 Å². The molecule has 1 heterocycles. The summed E-state index contributed by atoms with van der Waals surface area (Å²) in [7, 11) is 0. The summed E-state index contributed by atoms with van der Waals surface area (Å²) in [5, 5.41) is 10.8. The predicted octanol–water partition coefficient (Wildman–Crippen LogP) is 3.46. The van der Waals surface area contributed by atoms with Crippen LogP contribution in [0.15, 0.2) is 36.7 Å². The summed E-state index contributed by atoms with van der Waals surface area (Å²) >= 11 is 6.05. The minimum absolute atomic E-state index is 0.431. The number of carbonyl (C=O) groups excluding carboxylic acids is 1. The fraction of sp³-hybridized carbons (Fsp3) is 0.375. The van der Waals surface area contributed by atoms with Gasteiger partial charge in [-0.3, -0.25) is 0 Å². The summed E-state index contributed by atoms with van der Waals surface area (Å²) in [6.07, 6.45) is 3.13. The number of nitrogens with one attached hydrogen (secondary N) is 2. The van der Waals surface area contributed by atoms with Crippen molar-refractivity contribution in [3.05, 3.63) is 41.7 Å². The van der Waals surface area contributed by atoms with Crippen LogP contribution in [0.3, 0.4) is 0 Å². The standard InChI is InChI=1S/C16H21ClN4O2/c1-16(2,3)23-15(22)19-9-8-18-13-11-12(17)5-6-14(13)21-10-4-7-20-21/h4-7,10-11,18H,8-9H2,1-3H3,(H,19,22). The second-order valence-corrected chi connectivity index (χ2v) is 6.40. The van der Waals surface area contributed by atoms with E-state index < -0.39 is 11.7 Å². The number of nitrogens with zero attached hydrogens (tertiary/aromatic N) is 2. The van der Waals surface area contributed by atoms with Gasteiger partial charge in [-0.15, -0.1) is 0 Å². The molecule has 7 heteroatoms. The fourth-order valence-corrected chi connectivity index (χ4v) is 2.11. The lowest BCUT2D eigenvalue weighted by Gasteiger charge is -2.20. The highest BCUT2D eigenvalue weighted by Gasteiger charge is 2.15. The Hall–Kier alpha value is -2.21. The van der Waals surface area contributed by atoms with E-state index in [2.05, 4.69) is 15.7 Å². The lowest BCUT2D eigenvalue weighted by molar-refractivity contribution is 0.0530. The third kappa shape index (κ3) is 5.49. The molecule has 2 N–H and O–H groups in total. The van der Waals surface area contributed by atoms with Gasteiger partial charge < -0.3 is 15.4 Å². The SMILES string of the molecule is CC(C)(C)OC(=O)NCCNc1cc(Cl)ccc1-n1cccn1. The van der Waals surface area contributed by atoms with Crippen molar-refractivity contribution in [2.45, 2.75) is 26.4 Å². The van der Waals surface area contributed by atoms with E-state index in [1.807, 2.05) is 51.2 Å². The molecule has 0 bridgehead atoms. The Labute approximate surface area is 140 Å². The second kappa shape index (κ2) is 7.37. The summed E-state index contributed by atoms with van der Waals surface area (Å²) in [6.45, 7) is 6.45. The highest BCUT2D eigenvalue weighted by atomic mass is 35.5. The normalized spacial score (nSPS) is 11.1. The Morgan fingerprint density at radius 3 is 2.78 bits per heavy atom. The summed E-state index contributed by atoms with van der Waals surface area (Å²) in [5.74, 6) is 0. The van der Waals surface area contributed by atoms with E-state index >= 15 is 0 Å². The third-order valence-corrected chi connectivity index (χ3v) is 3.05. The van der Waals surface area contributed by atoms with Gasteiger partial charge in [0.25, 0.3) is 0 Å². The minimum Gasteiger partial charge on any atom is -0.444 e. The highest BCUT2D eigenvalue weighted by Crippen LogP contribution is 2.23. The van der Waals surface area contributed by atoms with E-state index in [1.165, 1.54) is 0 Å².